The lowest BCUT2D eigenvalue weighted by atomic mass is 9.64. The number of rotatable bonds is 3. The molecule has 0 aromatic heterocycles. The number of piperidine rings is 2. The van der Waals surface area contributed by atoms with E-state index in [1.807, 2.05) is 18.2 Å². The fraction of sp³-hybridized carbons (Fsp3) is 0.409. The zero-order valence-electron chi connectivity index (χ0n) is 15.5. The first-order chi connectivity index (χ1) is 13.2. The zero-order valence-corrected chi connectivity index (χ0v) is 16.3. The van der Waals surface area contributed by atoms with E-state index in [9.17, 15) is 0 Å². The topological polar surface area (TPSA) is 30.5 Å². The van der Waals surface area contributed by atoms with Crippen LogP contribution in [0, 0.1) is 5.92 Å². The molecule has 4 bridgehead atoms. The highest BCUT2D eigenvalue weighted by atomic mass is 32.1. The molecule has 0 saturated carbocycles. The van der Waals surface area contributed by atoms with Gasteiger partial charge in [-0.15, -0.1) is 0 Å². The van der Waals surface area contributed by atoms with Crippen LogP contribution in [-0.2, 0) is 5.41 Å². The minimum absolute atomic E-state index is 0.0847. The van der Waals surface area contributed by atoms with Gasteiger partial charge in [-0.25, -0.2) is 0 Å². The van der Waals surface area contributed by atoms with E-state index in [-0.39, 0.29) is 5.41 Å². The normalized spacial score (nSPS) is 34.1. The zero-order chi connectivity index (χ0) is 18.3. The molecule has 0 amide bonds. The number of hydrogen-bond acceptors (Lipinski definition) is 3. The third-order valence-corrected chi connectivity index (χ3v) is 6.68. The second-order valence-electron chi connectivity index (χ2n) is 8.19. The molecule has 5 heteroatoms. The summed E-state index contributed by atoms with van der Waals surface area (Å²) in [7, 11) is 0. The molecular weight excluding hydrogens is 352 g/mol. The van der Waals surface area contributed by atoms with Gasteiger partial charge >= 0.3 is 0 Å². The summed E-state index contributed by atoms with van der Waals surface area (Å²) in [4.78, 5) is 5.33. The van der Waals surface area contributed by atoms with Crippen LogP contribution in [0.5, 0.6) is 0 Å². The first-order valence-electron chi connectivity index (χ1n) is 9.86. The van der Waals surface area contributed by atoms with Crippen LogP contribution >= 0.6 is 12.2 Å². The van der Waals surface area contributed by atoms with E-state index in [1.165, 1.54) is 18.7 Å². The molecule has 27 heavy (non-hydrogen) atoms. The van der Waals surface area contributed by atoms with Crippen molar-refractivity contribution in [3.63, 3.8) is 0 Å². The van der Waals surface area contributed by atoms with E-state index < -0.39 is 0 Å². The van der Waals surface area contributed by atoms with Gasteiger partial charge in [0.05, 0.1) is 0 Å². The monoisotopic (exact) mass is 378 g/mol. The van der Waals surface area contributed by atoms with Crippen LogP contribution in [0.1, 0.15) is 5.56 Å². The summed E-state index contributed by atoms with van der Waals surface area (Å²) >= 11 is 5.72. The summed E-state index contributed by atoms with van der Waals surface area (Å²) in [5.74, 6) is 0.589. The van der Waals surface area contributed by atoms with E-state index in [1.54, 1.807) is 0 Å². The highest BCUT2D eigenvalue weighted by Gasteiger charge is 2.55. The van der Waals surface area contributed by atoms with Gasteiger partial charge in [0.15, 0.2) is 5.11 Å². The second-order valence-corrected chi connectivity index (χ2v) is 8.60. The molecule has 2 N–H and O–H groups in total. The lowest BCUT2D eigenvalue weighted by molar-refractivity contribution is 0.0269. The van der Waals surface area contributed by atoms with E-state index in [0.29, 0.717) is 12.0 Å². The van der Waals surface area contributed by atoms with Crippen LogP contribution < -0.4 is 10.6 Å². The third kappa shape index (κ3) is 3.14. The van der Waals surface area contributed by atoms with Crippen molar-refractivity contribution in [1.29, 1.82) is 0 Å². The van der Waals surface area contributed by atoms with Crippen molar-refractivity contribution in [3.8, 4) is 0 Å². The number of fused-ring (bicyclic) bond motifs is 1. The summed E-state index contributed by atoms with van der Waals surface area (Å²) in [6.45, 7) is 6.91. The fourth-order valence-corrected chi connectivity index (χ4v) is 5.64. The number of benzene rings is 2. The Hall–Kier alpha value is -1.95. The predicted octanol–water partition coefficient (Wildman–Crippen LogP) is 2.54. The summed E-state index contributed by atoms with van der Waals surface area (Å²) in [5.41, 5.74) is 2.56. The molecule has 0 aliphatic carbocycles. The molecule has 4 aliphatic rings. The molecule has 3 atom stereocenters. The van der Waals surface area contributed by atoms with Crippen LogP contribution in [0.25, 0.3) is 0 Å². The summed E-state index contributed by atoms with van der Waals surface area (Å²) in [6.07, 6.45) is 0. The summed E-state index contributed by atoms with van der Waals surface area (Å²) < 4.78 is 0. The van der Waals surface area contributed by atoms with Crippen LogP contribution in [0.4, 0.5) is 5.69 Å². The first-order valence-corrected chi connectivity index (χ1v) is 10.3. The molecule has 4 nitrogen and oxygen atoms in total. The maximum Gasteiger partial charge on any atom is 0.171 e. The van der Waals surface area contributed by atoms with Crippen LogP contribution in [0.2, 0.25) is 0 Å². The molecule has 4 fully saturated rings. The number of para-hydroxylation sites is 1. The average molecular weight is 379 g/mol. The quantitative estimate of drug-likeness (QED) is 0.802. The van der Waals surface area contributed by atoms with E-state index >= 15 is 0 Å². The lowest BCUT2D eigenvalue weighted by Gasteiger charge is -2.56. The third-order valence-electron chi connectivity index (χ3n) is 6.46. The van der Waals surface area contributed by atoms with Gasteiger partial charge in [-0.3, -0.25) is 0 Å². The molecule has 140 valence electrons. The minimum atomic E-state index is 0.0847. The molecule has 0 radical (unpaired) electrons. The molecule has 2 aromatic carbocycles. The maximum atomic E-state index is 5.72. The highest BCUT2D eigenvalue weighted by molar-refractivity contribution is 7.80. The van der Waals surface area contributed by atoms with Crippen molar-refractivity contribution in [2.24, 2.45) is 5.92 Å². The van der Waals surface area contributed by atoms with Crippen molar-refractivity contribution in [1.82, 2.24) is 15.1 Å². The van der Waals surface area contributed by atoms with E-state index in [4.69, 9.17) is 12.2 Å². The Kier molecular flexibility index (Phi) is 4.38. The number of nitrogens with one attached hydrogen (secondary N) is 2. The predicted molar refractivity (Wildman–Crippen MR) is 114 cm³/mol. The van der Waals surface area contributed by atoms with Crippen molar-refractivity contribution in [2.45, 2.75) is 11.5 Å². The Morgan fingerprint density at radius 3 is 2.11 bits per heavy atom. The Labute approximate surface area is 166 Å². The van der Waals surface area contributed by atoms with Crippen molar-refractivity contribution in [2.75, 3.05) is 44.6 Å². The van der Waals surface area contributed by atoms with Crippen molar-refractivity contribution in [3.05, 3.63) is 66.2 Å². The van der Waals surface area contributed by atoms with Gasteiger partial charge in [0.1, 0.15) is 0 Å². The average Bonchev–Trinajstić information content (AvgIpc) is 2.94. The Balaban J connectivity index is 1.45. The molecule has 6 rings (SSSR count). The van der Waals surface area contributed by atoms with Crippen molar-refractivity contribution < 1.29 is 0 Å². The second kappa shape index (κ2) is 6.89. The first kappa shape index (κ1) is 17.2. The molecule has 3 unspecified atom stereocenters. The Morgan fingerprint density at radius 1 is 0.889 bits per heavy atom. The Bertz CT molecular complexity index is 794. The smallest absolute Gasteiger partial charge is 0.171 e. The number of nitrogens with zero attached hydrogens (tertiary/aromatic N) is 2. The van der Waals surface area contributed by atoms with Gasteiger partial charge in [-0.1, -0.05) is 48.5 Å². The molecule has 4 heterocycles. The summed E-state index contributed by atoms with van der Waals surface area (Å²) in [6, 6.07) is 21.6. The molecule has 4 aliphatic heterocycles. The maximum absolute atomic E-state index is 5.72. The molecule has 0 spiro atoms. The van der Waals surface area contributed by atoms with E-state index in [2.05, 4.69) is 62.9 Å². The SMILES string of the molecule is S=C(Nc1ccccc1)NC1C2CN3CCN(C2)CC1(c1ccccc1)C3. The number of hydrogen-bond donors (Lipinski definition) is 2. The van der Waals surface area contributed by atoms with Crippen molar-refractivity contribution >= 4 is 23.0 Å². The minimum Gasteiger partial charge on any atom is -0.358 e. The molecular formula is C22H26N4S. The standard InChI is InChI=1S/C22H26N4S/c27-21(23-19-9-5-2-6-10-19)24-20-17-13-25-11-12-26(14-17)16-22(20,15-25)18-7-3-1-4-8-18/h1-10,17,20H,11-16H2,(H2,23,24,27). The molecule has 2 aromatic rings. The highest BCUT2D eigenvalue weighted by Crippen LogP contribution is 2.43. The number of thiocarbonyl (C=S) groups is 1. The number of anilines is 1. The summed E-state index contributed by atoms with van der Waals surface area (Å²) in [5, 5.41) is 7.86. The van der Waals surface area contributed by atoms with Gasteiger partial charge < -0.3 is 20.4 Å². The Morgan fingerprint density at radius 2 is 1.48 bits per heavy atom. The van der Waals surface area contributed by atoms with Gasteiger partial charge in [0.25, 0.3) is 0 Å². The lowest BCUT2D eigenvalue weighted by Crippen LogP contribution is -2.71. The van der Waals surface area contributed by atoms with Crippen LogP contribution in [0.3, 0.4) is 0 Å². The van der Waals surface area contributed by atoms with Crippen LogP contribution in [0.15, 0.2) is 60.7 Å². The fourth-order valence-electron chi connectivity index (χ4n) is 5.40. The van der Waals surface area contributed by atoms with Gasteiger partial charge in [-0.2, -0.15) is 0 Å². The van der Waals surface area contributed by atoms with Gasteiger partial charge in [0.2, 0.25) is 0 Å². The van der Waals surface area contributed by atoms with Gasteiger partial charge in [0, 0.05) is 62.3 Å². The van der Waals surface area contributed by atoms with Crippen LogP contribution in [-0.4, -0.2) is 60.2 Å². The van der Waals surface area contributed by atoms with E-state index in [0.717, 1.165) is 37.0 Å². The largest absolute Gasteiger partial charge is 0.358 e. The molecule has 4 saturated heterocycles. The van der Waals surface area contributed by atoms with Gasteiger partial charge in [-0.05, 0) is 29.9 Å².